The summed E-state index contributed by atoms with van der Waals surface area (Å²) in [6.45, 7) is 6.23. The van der Waals surface area contributed by atoms with Crippen molar-refractivity contribution in [1.29, 1.82) is 0 Å². The molecule has 2 rings (SSSR count). The van der Waals surface area contributed by atoms with Crippen LogP contribution in [0.5, 0.6) is 0 Å². The highest BCUT2D eigenvalue weighted by Gasteiger charge is 2.26. The summed E-state index contributed by atoms with van der Waals surface area (Å²) < 4.78 is 0. The minimum atomic E-state index is 0.857. The largest absolute Gasteiger partial charge is 0.316 e. The minimum Gasteiger partial charge on any atom is -0.316 e. The van der Waals surface area contributed by atoms with E-state index in [0.29, 0.717) is 0 Å². The van der Waals surface area contributed by atoms with E-state index in [9.17, 15) is 0 Å². The summed E-state index contributed by atoms with van der Waals surface area (Å²) in [5.41, 5.74) is 0. The molecule has 3 unspecified atom stereocenters. The first-order valence-electron chi connectivity index (χ1n) is 7.18. The van der Waals surface area contributed by atoms with E-state index in [1.807, 2.05) is 0 Å². The summed E-state index contributed by atoms with van der Waals surface area (Å²) in [5, 5.41) is 3.53. The van der Waals surface area contributed by atoms with E-state index in [1.54, 1.807) is 0 Å². The van der Waals surface area contributed by atoms with Crippen molar-refractivity contribution in [2.75, 3.05) is 26.7 Å². The van der Waals surface area contributed by atoms with Crippen LogP contribution >= 0.6 is 0 Å². The molecule has 2 aliphatic rings. The normalized spacial score (nSPS) is 36.6. The Balaban J connectivity index is 1.78. The Labute approximate surface area is 101 Å². The lowest BCUT2D eigenvalue weighted by molar-refractivity contribution is 0.115. The molecular formula is C14H28N2. The molecule has 3 atom stereocenters. The summed E-state index contributed by atoms with van der Waals surface area (Å²) in [4.78, 5) is 2.65. The van der Waals surface area contributed by atoms with Crippen molar-refractivity contribution in [3.8, 4) is 0 Å². The average molecular weight is 224 g/mol. The fraction of sp³-hybridized carbons (Fsp3) is 1.00. The molecule has 16 heavy (non-hydrogen) atoms. The highest BCUT2D eigenvalue weighted by molar-refractivity contribution is 4.81. The third-order valence-corrected chi connectivity index (χ3v) is 4.58. The van der Waals surface area contributed by atoms with Crippen molar-refractivity contribution in [2.24, 2.45) is 11.8 Å². The smallest absolute Gasteiger partial charge is 0.0118 e. The molecule has 1 aliphatic heterocycles. The van der Waals surface area contributed by atoms with Crippen molar-refractivity contribution in [3.05, 3.63) is 0 Å². The van der Waals surface area contributed by atoms with E-state index in [2.05, 4.69) is 24.2 Å². The number of hydrogen-bond acceptors (Lipinski definition) is 2. The number of rotatable bonds is 3. The average Bonchev–Trinajstić information content (AvgIpc) is 2.31. The number of nitrogens with zero attached hydrogens (tertiary/aromatic N) is 1. The molecule has 0 bridgehead atoms. The van der Waals surface area contributed by atoms with E-state index < -0.39 is 0 Å². The first-order chi connectivity index (χ1) is 7.77. The van der Waals surface area contributed by atoms with E-state index in [1.165, 1.54) is 58.2 Å². The monoisotopic (exact) mass is 224 g/mol. The topological polar surface area (TPSA) is 15.3 Å². The standard InChI is InChI=1S/C14H28N2/c1-12-6-3-4-8-14(12)16(2)11-13-7-5-9-15-10-13/h12-15H,3-11H2,1-2H3. The second-order valence-electron chi connectivity index (χ2n) is 5.98. The van der Waals surface area contributed by atoms with Gasteiger partial charge in [-0.15, -0.1) is 0 Å². The molecule has 1 aliphatic carbocycles. The van der Waals surface area contributed by atoms with Crippen LogP contribution in [0.3, 0.4) is 0 Å². The molecule has 0 radical (unpaired) electrons. The minimum absolute atomic E-state index is 0.857. The number of piperidine rings is 1. The predicted octanol–water partition coefficient (Wildman–Crippen LogP) is 2.50. The van der Waals surface area contributed by atoms with Crippen molar-refractivity contribution in [2.45, 2.75) is 51.5 Å². The third kappa shape index (κ3) is 3.21. The molecule has 1 saturated carbocycles. The van der Waals surface area contributed by atoms with Crippen LogP contribution in [0.25, 0.3) is 0 Å². The molecule has 0 aromatic heterocycles. The van der Waals surface area contributed by atoms with Gasteiger partial charge in [-0.3, -0.25) is 0 Å². The molecule has 2 nitrogen and oxygen atoms in total. The molecular weight excluding hydrogens is 196 g/mol. The molecule has 0 aromatic rings. The van der Waals surface area contributed by atoms with Gasteiger partial charge in [0.25, 0.3) is 0 Å². The maximum absolute atomic E-state index is 3.53. The zero-order valence-corrected chi connectivity index (χ0v) is 11.0. The maximum atomic E-state index is 3.53. The molecule has 1 saturated heterocycles. The zero-order valence-electron chi connectivity index (χ0n) is 11.0. The van der Waals surface area contributed by atoms with Gasteiger partial charge in [-0.25, -0.2) is 0 Å². The van der Waals surface area contributed by atoms with E-state index in [0.717, 1.165) is 17.9 Å². The fourth-order valence-corrected chi connectivity index (χ4v) is 3.57. The van der Waals surface area contributed by atoms with Gasteiger partial charge in [0.1, 0.15) is 0 Å². The van der Waals surface area contributed by atoms with E-state index in [-0.39, 0.29) is 0 Å². The van der Waals surface area contributed by atoms with Gasteiger partial charge in [0.15, 0.2) is 0 Å². The highest BCUT2D eigenvalue weighted by atomic mass is 15.1. The molecule has 0 amide bonds. The Morgan fingerprint density at radius 2 is 1.94 bits per heavy atom. The Bertz CT molecular complexity index is 199. The van der Waals surface area contributed by atoms with E-state index >= 15 is 0 Å². The maximum Gasteiger partial charge on any atom is 0.0118 e. The Morgan fingerprint density at radius 3 is 2.62 bits per heavy atom. The van der Waals surface area contributed by atoms with Gasteiger partial charge in [0, 0.05) is 12.6 Å². The molecule has 1 heterocycles. The molecule has 0 spiro atoms. The van der Waals surface area contributed by atoms with Gasteiger partial charge < -0.3 is 10.2 Å². The van der Waals surface area contributed by atoms with Gasteiger partial charge >= 0.3 is 0 Å². The summed E-state index contributed by atoms with van der Waals surface area (Å²) in [7, 11) is 2.35. The molecule has 94 valence electrons. The van der Waals surface area contributed by atoms with Gasteiger partial charge in [-0.2, -0.15) is 0 Å². The van der Waals surface area contributed by atoms with Crippen LogP contribution in [0.15, 0.2) is 0 Å². The lowest BCUT2D eigenvalue weighted by Crippen LogP contribution is -2.44. The summed E-state index contributed by atoms with van der Waals surface area (Å²) in [6.07, 6.45) is 8.58. The molecule has 1 N–H and O–H groups in total. The highest BCUT2D eigenvalue weighted by Crippen LogP contribution is 2.28. The molecule has 0 aromatic carbocycles. The lowest BCUT2D eigenvalue weighted by atomic mass is 9.84. The van der Waals surface area contributed by atoms with Crippen LogP contribution < -0.4 is 5.32 Å². The second-order valence-corrected chi connectivity index (χ2v) is 5.98. The predicted molar refractivity (Wildman–Crippen MR) is 69.6 cm³/mol. The molecule has 2 fully saturated rings. The Kier molecular flexibility index (Phi) is 4.66. The van der Waals surface area contributed by atoms with Crippen LogP contribution in [0.4, 0.5) is 0 Å². The van der Waals surface area contributed by atoms with Gasteiger partial charge in [0.05, 0.1) is 0 Å². The summed E-state index contributed by atoms with van der Waals surface area (Å²) in [6, 6.07) is 0.857. The zero-order chi connectivity index (χ0) is 11.4. The van der Waals surface area contributed by atoms with Crippen LogP contribution in [0.2, 0.25) is 0 Å². The van der Waals surface area contributed by atoms with Crippen LogP contribution in [-0.4, -0.2) is 37.6 Å². The summed E-state index contributed by atoms with van der Waals surface area (Å²) >= 11 is 0. The Hall–Kier alpha value is -0.0800. The van der Waals surface area contributed by atoms with Gasteiger partial charge in [0.2, 0.25) is 0 Å². The second kappa shape index (κ2) is 6.02. The Morgan fingerprint density at radius 1 is 1.12 bits per heavy atom. The fourth-order valence-electron chi connectivity index (χ4n) is 3.57. The quantitative estimate of drug-likeness (QED) is 0.792. The molecule has 2 heteroatoms. The third-order valence-electron chi connectivity index (χ3n) is 4.58. The van der Waals surface area contributed by atoms with Crippen LogP contribution in [0.1, 0.15) is 45.4 Å². The lowest BCUT2D eigenvalue weighted by Gasteiger charge is -2.38. The van der Waals surface area contributed by atoms with Crippen molar-refractivity contribution in [1.82, 2.24) is 10.2 Å². The van der Waals surface area contributed by atoms with Crippen LogP contribution in [-0.2, 0) is 0 Å². The number of nitrogens with one attached hydrogen (secondary N) is 1. The van der Waals surface area contributed by atoms with Gasteiger partial charge in [-0.1, -0.05) is 19.8 Å². The van der Waals surface area contributed by atoms with Crippen molar-refractivity contribution < 1.29 is 0 Å². The van der Waals surface area contributed by atoms with Gasteiger partial charge in [-0.05, 0) is 57.7 Å². The first-order valence-corrected chi connectivity index (χ1v) is 7.18. The van der Waals surface area contributed by atoms with E-state index in [4.69, 9.17) is 0 Å². The SMILES string of the molecule is CC1CCCCC1N(C)CC1CCCNC1. The van der Waals surface area contributed by atoms with Crippen molar-refractivity contribution >= 4 is 0 Å². The van der Waals surface area contributed by atoms with Crippen molar-refractivity contribution in [3.63, 3.8) is 0 Å². The first kappa shape index (κ1) is 12.4. The summed E-state index contributed by atoms with van der Waals surface area (Å²) in [5.74, 6) is 1.81. The number of hydrogen-bond donors (Lipinski definition) is 1. The van der Waals surface area contributed by atoms with Crippen LogP contribution in [0, 0.1) is 11.8 Å².